The highest BCUT2D eigenvalue weighted by molar-refractivity contribution is 6.31. The topological polar surface area (TPSA) is 62.5 Å². The number of piperidine rings is 1. The first-order chi connectivity index (χ1) is 12.7. The van der Waals surface area contributed by atoms with Crippen LogP contribution in [0.1, 0.15) is 18.4 Å². The second-order valence-corrected chi connectivity index (χ2v) is 6.91. The van der Waals surface area contributed by atoms with E-state index in [2.05, 4.69) is 20.3 Å². The highest BCUT2D eigenvalue weighted by Gasteiger charge is 2.27. The average Bonchev–Trinajstić information content (AvgIpc) is 3.16. The molecule has 1 aromatic carbocycles. The number of rotatable bonds is 4. The number of halogens is 1. The predicted octanol–water partition coefficient (Wildman–Crippen LogP) is 2.92. The minimum Gasteiger partial charge on any atom is -0.356 e. The van der Waals surface area contributed by atoms with Gasteiger partial charge in [-0.05, 0) is 30.5 Å². The fourth-order valence-corrected chi connectivity index (χ4v) is 3.63. The molecule has 0 bridgehead atoms. The maximum absolute atomic E-state index is 12.7. The molecule has 3 aromatic rings. The number of fused-ring (bicyclic) bond motifs is 1. The molecular formula is C19H20ClN5O. The van der Waals surface area contributed by atoms with Gasteiger partial charge in [0.1, 0.15) is 5.82 Å². The Labute approximate surface area is 156 Å². The van der Waals surface area contributed by atoms with Gasteiger partial charge < -0.3 is 10.2 Å². The Morgan fingerprint density at radius 3 is 3.00 bits per heavy atom. The minimum atomic E-state index is -0.0509. The number of hydrogen-bond donors (Lipinski definition) is 1. The lowest BCUT2D eigenvalue weighted by atomic mass is 9.97. The van der Waals surface area contributed by atoms with Crippen molar-refractivity contribution in [1.29, 1.82) is 0 Å². The zero-order chi connectivity index (χ0) is 17.9. The first-order valence-electron chi connectivity index (χ1n) is 8.77. The molecule has 6 nitrogen and oxygen atoms in total. The lowest BCUT2D eigenvalue weighted by Gasteiger charge is -2.33. The van der Waals surface area contributed by atoms with E-state index in [-0.39, 0.29) is 11.8 Å². The van der Waals surface area contributed by atoms with Crippen molar-refractivity contribution in [2.45, 2.75) is 19.4 Å². The highest BCUT2D eigenvalue weighted by atomic mass is 35.5. The number of anilines is 1. The van der Waals surface area contributed by atoms with Gasteiger partial charge in [-0.15, -0.1) is 0 Å². The van der Waals surface area contributed by atoms with Gasteiger partial charge in [0.15, 0.2) is 5.65 Å². The molecule has 1 unspecified atom stereocenters. The maximum atomic E-state index is 12.7. The zero-order valence-electron chi connectivity index (χ0n) is 14.3. The summed E-state index contributed by atoms with van der Waals surface area (Å²) in [6.45, 7) is 2.04. The van der Waals surface area contributed by atoms with Crippen LogP contribution in [-0.2, 0) is 11.3 Å². The lowest BCUT2D eigenvalue weighted by molar-refractivity contribution is -0.125. The smallest absolute Gasteiger partial charge is 0.225 e. The Balaban J connectivity index is 1.44. The summed E-state index contributed by atoms with van der Waals surface area (Å²) in [5.74, 6) is 0.994. The summed E-state index contributed by atoms with van der Waals surface area (Å²) in [5, 5.41) is 8.05. The van der Waals surface area contributed by atoms with Gasteiger partial charge in [-0.25, -0.2) is 4.98 Å². The largest absolute Gasteiger partial charge is 0.356 e. The Kier molecular flexibility index (Phi) is 4.75. The number of aromatic nitrogens is 3. The molecule has 0 saturated carbocycles. The molecule has 1 saturated heterocycles. The summed E-state index contributed by atoms with van der Waals surface area (Å²) in [4.78, 5) is 19.2. The van der Waals surface area contributed by atoms with Crippen molar-refractivity contribution >= 4 is 29.0 Å². The molecule has 4 rings (SSSR count). The number of nitrogens with one attached hydrogen (secondary N) is 1. The molecular weight excluding hydrogens is 350 g/mol. The summed E-state index contributed by atoms with van der Waals surface area (Å²) in [7, 11) is 0. The normalized spacial score (nSPS) is 17.4. The van der Waals surface area contributed by atoms with Crippen LogP contribution in [0.25, 0.3) is 5.65 Å². The van der Waals surface area contributed by atoms with Crippen LogP contribution >= 0.6 is 11.6 Å². The molecule has 1 amide bonds. The van der Waals surface area contributed by atoms with E-state index in [1.54, 1.807) is 12.4 Å². The molecule has 3 heterocycles. The van der Waals surface area contributed by atoms with Crippen LogP contribution in [0.15, 0.2) is 48.8 Å². The molecule has 134 valence electrons. The molecule has 1 atom stereocenters. The number of amides is 1. The summed E-state index contributed by atoms with van der Waals surface area (Å²) < 4.78 is 1.82. The van der Waals surface area contributed by atoms with Crippen molar-refractivity contribution in [2.75, 3.05) is 18.0 Å². The third kappa shape index (κ3) is 3.37. The molecule has 1 aliphatic rings. The Hall–Kier alpha value is -2.60. The molecule has 0 radical (unpaired) electrons. The second-order valence-electron chi connectivity index (χ2n) is 6.50. The highest BCUT2D eigenvalue weighted by Crippen LogP contribution is 2.23. The summed E-state index contributed by atoms with van der Waals surface area (Å²) in [6.07, 6.45) is 5.38. The third-order valence-corrected chi connectivity index (χ3v) is 5.17. The third-order valence-electron chi connectivity index (χ3n) is 4.80. The average molecular weight is 370 g/mol. The Bertz CT molecular complexity index is 925. The van der Waals surface area contributed by atoms with E-state index in [0.717, 1.165) is 36.4 Å². The van der Waals surface area contributed by atoms with Gasteiger partial charge in [0, 0.05) is 36.9 Å². The van der Waals surface area contributed by atoms with Gasteiger partial charge in [-0.3, -0.25) is 4.79 Å². The number of carbonyl (C=O) groups excluding carboxylic acids is 1. The SMILES string of the molecule is O=C(NCc1ccccc1Cl)C1CCCN(c2ccnc3ccnn23)C1. The van der Waals surface area contributed by atoms with E-state index in [4.69, 9.17) is 11.6 Å². The van der Waals surface area contributed by atoms with Crippen molar-refractivity contribution in [1.82, 2.24) is 19.9 Å². The van der Waals surface area contributed by atoms with Gasteiger partial charge in [-0.2, -0.15) is 9.61 Å². The van der Waals surface area contributed by atoms with Crippen LogP contribution in [0.3, 0.4) is 0 Å². The van der Waals surface area contributed by atoms with E-state index in [1.807, 2.05) is 40.9 Å². The zero-order valence-corrected chi connectivity index (χ0v) is 15.1. The van der Waals surface area contributed by atoms with Gasteiger partial charge in [0.25, 0.3) is 0 Å². The number of benzene rings is 1. The summed E-state index contributed by atoms with van der Waals surface area (Å²) >= 11 is 6.17. The van der Waals surface area contributed by atoms with Gasteiger partial charge >= 0.3 is 0 Å². The monoisotopic (exact) mass is 369 g/mol. The van der Waals surface area contributed by atoms with E-state index >= 15 is 0 Å². The van der Waals surface area contributed by atoms with E-state index in [1.165, 1.54) is 0 Å². The molecule has 1 N–H and O–H groups in total. The number of nitrogens with zero attached hydrogens (tertiary/aromatic N) is 4. The minimum absolute atomic E-state index is 0.0509. The standard InChI is InChI=1S/C19H20ClN5O/c20-16-6-2-1-4-14(16)12-22-19(26)15-5-3-11-24(13-15)18-8-9-21-17-7-10-23-25(17)18/h1-2,4,6-10,15H,3,5,11-13H2,(H,22,26). The molecule has 2 aromatic heterocycles. The quantitative estimate of drug-likeness (QED) is 0.768. The maximum Gasteiger partial charge on any atom is 0.225 e. The van der Waals surface area contributed by atoms with Crippen LogP contribution in [0, 0.1) is 5.92 Å². The van der Waals surface area contributed by atoms with Crippen molar-refractivity contribution in [3.05, 3.63) is 59.4 Å². The molecule has 1 fully saturated rings. The second kappa shape index (κ2) is 7.33. The van der Waals surface area contributed by atoms with E-state index in [0.29, 0.717) is 18.1 Å². The fourth-order valence-electron chi connectivity index (χ4n) is 3.43. The van der Waals surface area contributed by atoms with Crippen molar-refractivity contribution in [2.24, 2.45) is 5.92 Å². The number of hydrogen-bond acceptors (Lipinski definition) is 4. The van der Waals surface area contributed by atoms with Crippen molar-refractivity contribution in [3.63, 3.8) is 0 Å². The van der Waals surface area contributed by atoms with Crippen LogP contribution in [0.2, 0.25) is 5.02 Å². The first kappa shape index (κ1) is 16.8. The van der Waals surface area contributed by atoms with Crippen molar-refractivity contribution in [3.8, 4) is 0 Å². The lowest BCUT2D eigenvalue weighted by Crippen LogP contribution is -2.43. The Morgan fingerprint density at radius 1 is 1.23 bits per heavy atom. The molecule has 26 heavy (non-hydrogen) atoms. The van der Waals surface area contributed by atoms with Crippen LogP contribution in [-0.4, -0.2) is 33.6 Å². The van der Waals surface area contributed by atoms with Crippen LogP contribution in [0.5, 0.6) is 0 Å². The number of carbonyl (C=O) groups is 1. The summed E-state index contributed by atoms with van der Waals surface area (Å²) in [6, 6.07) is 11.4. The van der Waals surface area contributed by atoms with Crippen molar-refractivity contribution < 1.29 is 4.79 Å². The Morgan fingerprint density at radius 2 is 2.12 bits per heavy atom. The molecule has 0 aliphatic carbocycles. The molecule has 7 heteroatoms. The van der Waals surface area contributed by atoms with Gasteiger partial charge in [-0.1, -0.05) is 29.8 Å². The summed E-state index contributed by atoms with van der Waals surface area (Å²) in [5.41, 5.74) is 1.75. The van der Waals surface area contributed by atoms with Gasteiger partial charge in [0.2, 0.25) is 5.91 Å². The molecule has 1 aliphatic heterocycles. The first-order valence-corrected chi connectivity index (χ1v) is 9.15. The van der Waals surface area contributed by atoms with Crippen LogP contribution < -0.4 is 10.2 Å². The molecule has 0 spiro atoms. The van der Waals surface area contributed by atoms with Crippen LogP contribution in [0.4, 0.5) is 5.82 Å². The van der Waals surface area contributed by atoms with E-state index < -0.39 is 0 Å². The van der Waals surface area contributed by atoms with E-state index in [9.17, 15) is 4.79 Å². The van der Waals surface area contributed by atoms with Gasteiger partial charge in [0.05, 0.1) is 12.1 Å². The predicted molar refractivity (Wildman–Crippen MR) is 101 cm³/mol. The fraction of sp³-hybridized carbons (Fsp3) is 0.316.